The molecule has 0 amide bonds. The molecule has 0 radical (unpaired) electrons. The number of ether oxygens (including phenoxy) is 1. The third-order valence-electron chi connectivity index (χ3n) is 5.82. The van der Waals surface area contributed by atoms with Crippen molar-refractivity contribution in [2.45, 2.75) is 107 Å². The maximum absolute atomic E-state index is 11.2. The largest absolute Gasteiger partial charge is 0.496 e. The summed E-state index contributed by atoms with van der Waals surface area (Å²) in [6.45, 7) is 17.6. The molecule has 0 saturated heterocycles. The summed E-state index contributed by atoms with van der Waals surface area (Å²) in [6.07, 6.45) is 8.54. The number of hydrogen-bond acceptors (Lipinski definition) is 3. The van der Waals surface area contributed by atoms with Gasteiger partial charge in [0.25, 0.3) is 0 Å². The Hall–Kier alpha value is -1.94. The molecule has 0 unspecified atom stereocenters. The minimum absolute atomic E-state index is 0.133. The van der Waals surface area contributed by atoms with Crippen LogP contribution in [0, 0.1) is 19.8 Å². The van der Waals surface area contributed by atoms with E-state index in [0.29, 0.717) is 0 Å². The summed E-state index contributed by atoms with van der Waals surface area (Å²) in [7, 11) is 1.70. The molecule has 36 heavy (non-hydrogen) atoms. The van der Waals surface area contributed by atoms with Crippen LogP contribution >= 0.6 is 15.9 Å². The predicted molar refractivity (Wildman–Crippen MR) is 161 cm³/mol. The first kappa shape index (κ1) is 36.2. The summed E-state index contributed by atoms with van der Waals surface area (Å²) in [5.41, 5.74) is 4.35. The van der Waals surface area contributed by atoms with Crippen LogP contribution in [0.5, 0.6) is 5.75 Å². The lowest BCUT2D eigenvalue weighted by Gasteiger charge is -2.22. The third kappa shape index (κ3) is 15.9. The van der Waals surface area contributed by atoms with Crippen molar-refractivity contribution in [2.75, 3.05) is 7.11 Å². The van der Waals surface area contributed by atoms with Crippen molar-refractivity contribution in [1.82, 2.24) is 0 Å². The second-order valence-corrected chi connectivity index (χ2v) is 9.66. The molecule has 1 fully saturated rings. The van der Waals surface area contributed by atoms with Gasteiger partial charge in [-0.2, -0.15) is 0 Å². The Kier molecular flexibility index (Phi) is 22.4. The van der Waals surface area contributed by atoms with E-state index >= 15 is 0 Å². The zero-order valence-electron chi connectivity index (χ0n) is 24.6. The molecule has 0 aromatic heterocycles. The average Bonchev–Trinajstić information content (AvgIpc) is 2.82. The van der Waals surface area contributed by atoms with Crippen molar-refractivity contribution >= 4 is 27.5 Å². The highest BCUT2D eigenvalue weighted by Crippen LogP contribution is 2.28. The molecular weight excluding hydrogens is 512 g/mol. The van der Waals surface area contributed by atoms with Crippen molar-refractivity contribution < 1.29 is 14.3 Å². The Bertz CT molecular complexity index is 867. The van der Waals surface area contributed by atoms with Gasteiger partial charge >= 0.3 is 0 Å². The van der Waals surface area contributed by atoms with Gasteiger partial charge in [0.1, 0.15) is 11.5 Å². The van der Waals surface area contributed by atoms with Crippen LogP contribution in [0.4, 0.5) is 0 Å². The van der Waals surface area contributed by atoms with E-state index in [0.717, 1.165) is 46.5 Å². The number of benzene rings is 2. The second-order valence-electron chi connectivity index (χ2n) is 8.81. The van der Waals surface area contributed by atoms with Gasteiger partial charge in [-0.3, -0.25) is 4.79 Å². The summed E-state index contributed by atoms with van der Waals surface area (Å²) < 4.78 is 6.15. The van der Waals surface area contributed by atoms with Crippen molar-refractivity contribution in [3.8, 4) is 5.75 Å². The van der Waals surface area contributed by atoms with Crippen molar-refractivity contribution in [1.29, 1.82) is 0 Å². The molecule has 204 valence electrons. The fraction of sp³-hybridized carbons (Fsp3) is 0.562. The smallest absolute Gasteiger partial charge is 0.160 e. The lowest BCUT2D eigenvalue weighted by molar-refractivity contribution is -0.117. The topological polar surface area (TPSA) is 43.4 Å². The Morgan fingerprint density at radius 3 is 1.89 bits per heavy atom. The van der Waals surface area contributed by atoms with Crippen molar-refractivity contribution in [3.05, 3.63) is 63.1 Å². The molecule has 1 aliphatic rings. The van der Waals surface area contributed by atoms with E-state index in [1.165, 1.54) is 36.8 Å². The Morgan fingerprint density at radius 2 is 1.61 bits per heavy atom. The van der Waals surface area contributed by atoms with Crippen molar-refractivity contribution in [3.63, 3.8) is 0 Å². The number of rotatable bonds is 6. The maximum atomic E-state index is 11.2. The van der Waals surface area contributed by atoms with Crippen LogP contribution in [0.3, 0.4) is 0 Å². The summed E-state index contributed by atoms with van der Waals surface area (Å²) >= 11 is 3.42. The number of carbonyl (C=O) groups excluding carboxylic acids is 2. The second kappa shape index (κ2) is 22.3. The van der Waals surface area contributed by atoms with Crippen molar-refractivity contribution in [2.24, 2.45) is 5.92 Å². The lowest BCUT2D eigenvalue weighted by atomic mass is 9.84. The Labute approximate surface area is 230 Å². The molecule has 0 bridgehead atoms. The van der Waals surface area contributed by atoms with Gasteiger partial charge in [-0.05, 0) is 75.3 Å². The lowest BCUT2D eigenvalue weighted by Crippen LogP contribution is -2.08. The van der Waals surface area contributed by atoms with Gasteiger partial charge in [-0.25, -0.2) is 0 Å². The van der Waals surface area contributed by atoms with E-state index in [4.69, 9.17) is 4.74 Å². The summed E-state index contributed by atoms with van der Waals surface area (Å²) in [5.74, 6) is 2.51. The summed E-state index contributed by atoms with van der Waals surface area (Å²) in [6, 6.07) is 11.9. The molecule has 3 nitrogen and oxygen atoms in total. The van der Waals surface area contributed by atoms with Gasteiger partial charge in [0.05, 0.1) is 7.11 Å². The van der Waals surface area contributed by atoms with Crippen LogP contribution in [-0.4, -0.2) is 18.7 Å². The highest BCUT2D eigenvalue weighted by Gasteiger charge is 2.13. The molecule has 2 aromatic carbocycles. The molecule has 0 heterocycles. The predicted octanol–water partition coefficient (Wildman–Crippen LogP) is 10.1. The van der Waals surface area contributed by atoms with Gasteiger partial charge in [0, 0.05) is 16.5 Å². The number of carbonyl (C=O) groups is 2. The zero-order valence-corrected chi connectivity index (χ0v) is 26.2. The van der Waals surface area contributed by atoms with Crippen LogP contribution in [0.15, 0.2) is 40.9 Å². The van der Waals surface area contributed by atoms with Crippen LogP contribution in [-0.2, 0) is 11.2 Å². The van der Waals surface area contributed by atoms with Crippen LogP contribution < -0.4 is 4.74 Å². The molecule has 4 heteroatoms. The number of ketones is 2. The van der Waals surface area contributed by atoms with E-state index in [-0.39, 0.29) is 11.6 Å². The van der Waals surface area contributed by atoms with Gasteiger partial charge in [0.15, 0.2) is 5.78 Å². The van der Waals surface area contributed by atoms with Gasteiger partial charge in [-0.1, -0.05) is 100 Å². The van der Waals surface area contributed by atoms with Gasteiger partial charge in [-0.15, -0.1) is 0 Å². The van der Waals surface area contributed by atoms with E-state index in [1.54, 1.807) is 21.0 Å². The molecular formula is C32H51BrO3. The summed E-state index contributed by atoms with van der Waals surface area (Å²) in [5, 5.41) is 0. The number of halogens is 1. The molecule has 1 aliphatic carbocycles. The standard InChI is InChI=1S/C10H11BrO.C9H12O.C6H12.C5H10O.C2H6/c1-3-8-9(7(2)12)5-4-6-10(8)11;1-7-4-5-8(2)9(6-7)10-3;1-2-6-4-3-5-6;1-3-4-5(2)6;1-2/h4-6H,3H2,1-2H3;4-6H,1-3H3;6H,2-5H2,1H3;3-4H2,1-2H3;1-2H3. The van der Waals surface area contributed by atoms with Crippen LogP contribution in [0.25, 0.3) is 0 Å². The monoisotopic (exact) mass is 562 g/mol. The average molecular weight is 564 g/mol. The first-order chi connectivity index (χ1) is 17.1. The highest BCUT2D eigenvalue weighted by atomic mass is 79.9. The highest BCUT2D eigenvalue weighted by molar-refractivity contribution is 9.10. The molecule has 0 atom stereocenters. The number of aryl methyl sites for hydroxylation is 2. The number of hydrogen-bond donors (Lipinski definition) is 0. The first-order valence-electron chi connectivity index (χ1n) is 13.5. The number of methoxy groups -OCH3 is 1. The Morgan fingerprint density at radius 1 is 1.00 bits per heavy atom. The van der Waals surface area contributed by atoms with E-state index in [1.807, 2.05) is 58.9 Å². The first-order valence-corrected chi connectivity index (χ1v) is 14.3. The molecule has 2 aromatic rings. The van der Waals surface area contributed by atoms with Gasteiger partial charge < -0.3 is 9.53 Å². The quantitative estimate of drug-likeness (QED) is 0.329. The number of Topliss-reactive ketones (excluding diaryl/α,β-unsaturated/α-hetero) is 2. The van der Waals surface area contributed by atoms with Gasteiger partial charge in [0.2, 0.25) is 0 Å². The van der Waals surface area contributed by atoms with Crippen LogP contribution in [0.2, 0.25) is 0 Å². The summed E-state index contributed by atoms with van der Waals surface area (Å²) in [4.78, 5) is 21.2. The fourth-order valence-electron chi connectivity index (χ4n) is 3.43. The van der Waals surface area contributed by atoms with E-state index < -0.39 is 0 Å². The molecule has 3 rings (SSSR count). The minimum atomic E-state index is 0.133. The third-order valence-corrected chi connectivity index (χ3v) is 6.56. The molecule has 0 aliphatic heterocycles. The van der Waals surface area contributed by atoms with E-state index in [9.17, 15) is 9.59 Å². The van der Waals surface area contributed by atoms with Crippen LogP contribution in [0.1, 0.15) is 114 Å². The molecule has 0 N–H and O–H groups in total. The normalized spacial score (nSPS) is 11.4. The zero-order chi connectivity index (χ0) is 28.1. The molecule has 0 spiro atoms. The minimum Gasteiger partial charge on any atom is -0.496 e. The SMILES string of the molecule is CC.CCC1CCC1.CCCC(C)=O.CCc1c(Br)cccc1C(C)=O.COc1cc(C)ccc1C. The maximum Gasteiger partial charge on any atom is 0.160 e. The fourth-order valence-corrected chi connectivity index (χ4v) is 4.07. The molecule has 1 saturated carbocycles. The Balaban J connectivity index is 0. The van der Waals surface area contributed by atoms with E-state index in [2.05, 4.69) is 41.9 Å².